The third-order valence-electron chi connectivity index (χ3n) is 3.88. The molecule has 1 N–H and O–H groups in total. The molecule has 2 aromatic rings. The van der Waals surface area contributed by atoms with E-state index in [-0.39, 0.29) is 5.91 Å². The van der Waals surface area contributed by atoms with Gasteiger partial charge in [-0.15, -0.1) is 0 Å². The van der Waals surface area contributed by atoms with Crippen LogP contribution in [-0.2, 0) is 11.3 Å². The summed E-state index contributed by atoms with van der Waals surface area (Å²) >= 11 is 6.18. The van der Waals surface area contributed by atoms with Crippen LogP contribution in [-0.4, -0.2) is 34.7 Å². The van der Waals surface area contributed by atoms with E-state index in [1.807, 2.05) is 18.2 Å². The molecule has 3 rings (SSSR count). The molecule has 1 aliphatic rings. The van der Waals surface area contributed by atoms with E-state index in [0.29, 0.717) is 29.4 Å². The summed E-state index contributed by atoms with van der Waals surface area (Å²) in [6.07, 6.45) is 1.95. The van der Waals surface area contributed by atoms with Crippen LogP contribution in [0.4, 0.5) is 20.2 Å². The molecule has 5 nitrogen and oxygen atoms in total. The highest BCUT2D eigenvalue weighted by atomic mass is 35.5. The van der Waals surface area contributed by atoms with E-state index in [1.165, 1.54) is 12.4 Å². The number of nitrogens with zero attached hydrogens (tertiary/aromatic N) is 3. The molecule has 0 bridgehead atoms. The number of aromatic nitrogens is 2. The molecular formula is C16H17ClF2N4O. The summed E-state index contributed by atoms with van der Waals surface area (Å²) in [4.78, 5) is 14.4. The molecule has 1 aromatic heterocycles. The molecule has 1 fully saturated rings. The summed E-state index contributed by atoms with van der Waals surface area (Å²) in [5, 5.41) is 7.47. The first-order valence-corrected chi connectivity index (χ1v) is 8.05. The first-order chi connectivity index (χ1) is 11.5. The van der Waals surface area contributed by atoms with Crippen LogP contribution >= 0.6 is 11.6 Å². The van der Waals surface area contributed by atoms with Crippen molar-refractivity contribution in [1.29, 1.82) is 0 Å². The number of carbonyl (C=O) groups excluding carboxylic acids is 1. The number of anilines is 2. The highest BCUT2D eigenvalue weighted by Gasteiger charge is 2.30. The van der Waals surface area contributed by atoms with Gasteiger partial charge in [0.1, 0.15) is 12.6 Å². The second-order valence-electron chi connectivity index (χ2n) is 5.62. The molecule has 0 saturated carbocycles. The highest BCUT2D eigenvalue weighted by molar-refractivity contribution is 6.33. The first kappa shape index (κ1) is 16.7. The van der Waals surface area contributed by atoms with Crippen molar-refractivity contribution in [2.75, 3.05) is 16.8 Å². The van der Waals surface area contributed by atoms with Crippen LogP contribution in [0, 0.1) is 0 Å². The predicted molar refractivity (Wildman–Crippen MR) is 88.7 cm³/mol. The summed E-state index contributed by atoms with van der Waals surface area (Å²) < 4.78 is 25.9. The van der Waals surface area contributed by atoms with E-state index >= 15 is 0 Å². The minimum Gasteiger partial charge on any atom is -0.371 e. The Hall–Kier alpha value is -2.15. The van der Waals surface area contributed by atoms with Crippen molar-refractivity contribution >= 4 is 28.9 Å². The zero-order chi connectivity index (χ0) is 17.1. The van der Waals surface area contributed by atoms with Crippen LogP contribution in [0.1, 0.15) is 12.8 Å². The molecular weight excluding hydrogens is 338 g/mol. The van der Waals surface area contributed by atoms with Gasteiger partial charge in [0.15, 0.2) is 0 Å². The van der Waals surface area contributed by atoms with E-state index in [4.69, 9.17) is 11.6 Å². The molecule has 1 atom stereocenters. The fraction of sp³-hybridized carbons (Fsp3) is 0.375. The molecule has 24 heavy (non-hydrogen) atoms. The Bertz CT molecular complexity index is 722. The molecule has 1 aliphatic heterocycles. The predicted octanol–water partition coefficient (Wildman–Crippen LogP) is 3.41. The summed E-state index contributed by atoms with van der Waals surface area (Å²) in [6.45, 7) is 0.136. The van der Waals surface area contributed by atoms with E-state index < -0.39 is 19.0 Å². The lowest BCUT2D eigenvalue weighted by molar-refractivity contribution is -0.120. The number of para-hydroxylation sites is 1. The Morgan fingerprint density at radius 3 is 2.92 bits per heavy atom. The summed E-state index contributed by atoms with van der Waals surface area (Å²) in [5.74, 6) is -0.0871. The lowest BCUT2D eigenvalue weighted by Gasteiger charge is -2.33. The lowest BCUT2D eigenvalue weighted by atomic mass is 10.0. The Balaban J connectivity index is 1.71. The normalized spacial score (nSPS) is 18.2. The summed E-state index contributed by atoms with van der Waals surface area (Å²) in [6, 6.07) is 6.77. The molecule has 128 valence electrons. The Labute approximate surface area is 143 Å². The number of halogens is 3. The van der Waals surface area contributed by atoms with Crippen LogP contribution in [0.15, 0.2) is 36.7 Å². The monoisotopic (exact) mass is 354 g/mol. The van der Waals surface area contributed by atoms with Gasteiger partial charge in [-0.1, -0.05) is 23.7 Å². The second-order valence-corrected chi connectivity index (χ2v) is 6.03. The quantitative estimate of drug-likeness (QED) is 0.895. The summed E-state index contributed by atoms with van der Waals surface area (Å²) in [5.41, 5.74) is 1.24. The van der Waals surface area contributed by atoms with E-state index in [2.05, 4.69) is 10.4 Å². The lowest BCUT2D eigenvalue weighted by Crippen LogP contribution is -2.47. The number of hydrogen-bond donors (Lipinski definition) is 1. The van der Waals surface area contributed by atoms with Crippen molar-refractivity contribution in [2.45, 2.75) is 31.9 Å². The van der Waals surface area contributed by atoms with Crippen LogP contribution in [0.2, 0.25) is 5.02 Å². The largest absolute Gasteiger partial charge is 0.371 e. The van der Waals surface area contributed by atoms with Crippen LogP contribution in [0.25, 0.3) is 0 Å². The van der Waals surface area contributed by atoms with E-state index in [9.17, 15) is 13.6 Å². The minimum absolute atomic E-state index is 0.0871. The van der Waals surface area contributed by atoms with Gasteiger partial charge in [-0.3, -0.25) is 9.48 Å². The Morgan fingerprint density at radius 2 is 2.17 bits per heavy atom. The molecule has 1 aromatic carbocycles. The zero-order valence-electron chi connectivity index (χ0n) is 12.8. The van der Waals surface area contributed by atoms with Crippen molar-refractivity contribution in [3.8, 4) is 0 Å². The highest BCUT2D eigenvalue weighted by Crippen LogP contribution is 2.29. The maximum atomic E-state index is 12.7. The van der Waals surface area contributed by atoms with Gasteiger partial charge in [0.05, 0.1) is 22.6 Å². The van der Waals surface area contributed by atoms with Crippen molar-refractivity contribution in [2.24, 2.45) is 0 Å². The van der Waals surface area contributed by atoms with Gasteiger partial charge in [0.2, 0.25) is 5.91 Å². The van der Waals surface area contributed by atoms with Crippen LogP contribution < -0.4 is 10.2 Å². The maximum Gasteiger partial charge on any atom is 0.257 e. The summed E-state index contributed by atoms with van der Waals surface area (Å²) in [7, 11) is 0. The van der Waals surface area contributed by atoms with Crippen LogP contribution in [0.5, 0.6) is 0 Å². The van der Waals surface area contributed by atoms with Crippen LogP contribution in [0.3, 0.4) is 0 Å². The number of amides is 1. The average molecular weight is 355 g/mol. The standard InChI is InChI=1S/C16H17ClF2N4O/c17-12-4-1-2-6-14(12)23-7-3-5-13(16(23)24)21-11-8-20-22(9-11)10-15(18)19/h1-2,4,6,8-9,13,15,21H,3,5,7,10H2. The Kier molecular flexibility index (Phi) is 4.99. The molecule has 0 aliphatic carbocycles. The van der Waals surface area contributed by atoms with Gasteiger partial charge in [-0.25, -0.2) is 8.78 Å². The number of carbonyl (C=O) groups is 1. The smallest absolute Gasteiger partial charge is 0.257 e. The number of hydrogen-bond acceptors (Lipinski definition) is 3. The molecule has 1 amide bonds. The molecule has 8 heteroatoms. The van der Waals surface area contributed by atoms with Crippen molar-refractivity contribution in [1.82, 2.24) is 9.78 Å². The number of piperidine rings is 1. The number of alkyl halides is 2. The zero-order valence-corrected chi connectivity index (χ0v) is 13.6. The van der Waals surface area contributed by atoms with Gasteiger partial charge in [-0.2, -0.15) is 5.10 Å². The SMILES string of the molecule is O=C1C(Nc2cnn(CC(F)F)c2)CCCN1c1ccccc1Cl. The number of rotatable bonds is 5. The van der Waals surface area contributed by atoms with Gasteiger partial charge < -0.3 is 10.2 Å². The van der Waals surface area contributed by atoms with Gasteiger partial charge in [0, 0.05) is 12.7 Å². The third-order valence-corrected chi connectivity index (χ3v) is 4.20. The second kappa shape index (κ2) is 7.17. The first-order valence-electron chi connectivity index (χ1n) is 7.67. The molecule has 2 heterocycles. The number of nitrogens with one attached hydrogen (secondary N) is 1. The van der Waals surface area contributed by atoms with E-state index in [1.54, 1.807) is 11.0 Å². The van der Waals surface area contributed by atoms with Crippen molar-refractivity contribution in [3.05, 3.63) is 41.7 Å². The Morgan fingerprint density at radius 1 is 1.38 bits per heavy atom. The minimum atomic E-state index is -2.47. The maximum absolute atomic E-state index is 12.7. The van der Waals surface area contributed by atoms with E-state index in [0.717, 1.165) is 11.1 Å². The molecule has 1 saturated heterocycles. The van der Waals surface area contributed by atoms with Gasteiger partial charge >= 0.3 is 0 Å². The van der Waals surface area contributed by atoms with Crippen molar-refractivity contribution < 1.29 is 13.6 Å². The van der Waals surface area contributed by atoms with Gasteiger partial charge in [-0.05, 0) is 25.0 Å². The molecule has 1 unspecified atom stereocenters. The fourth-order valence-corrected chi connectivity index (χ4v) is 3.04. The fourth-order valence-electron chi connectivity index (χ4n) is 2.80. The molecule has 0 radical (unpaired) electrons. The third kappa shape index (κ3) is 3.67. The van der Waals surface area contributed by atoms with Crippen molar-refractivity contribution in [3.63, 3.8) is 0 Å². The average Bonchev–Trinajstić information content (AvgIpc) is 2.96. The topological polar surface area (TPSA) is 50.2 Å². The number of benzene rings is 1. The van der Waals surface area contributed by atoms with Gasteiger partial charge in [0.25, 0.3) is 6.43 Å². The molecule has 0 spiro atoms.